The van der Waals surface area contributed by atoms with Gasteiger partial charge in [0.2, 0.25) is 10.0 Å². The molecule has 198 valence electrons. The summed E-state index contributed by atoms with van der Waals surface area (Å²) in [5.74, 6) is 0.536. The Hall–Kier alpha value is -2.52. The first-order chi connectivity index (χ1) is 17.7. The van der Waals surface area contributed by atoms with Crippen molar-refractivity contribution in [2.45, 2.75) is 63.4 Å². The summed E-state index contributed by atoms with van der Waals surface area (Å²) in [5, 5.41) is 3.90. The second kappa shape index (κ2) is 10.3. The normalized spacial score (nSPS) is 23.2. The van der Waals surface area contributed by atoms with E-state index in [1.54, 1.807) is 25.3 Å². The average Bonchev–Trinajstić information content (AvgIpc) is 3.20. The second-order valence-electron chi connectivity index (χ2n) is 10.4. The van der Waals surface area contributed by atoms with Crippen molar-refractivity contribution in [3.63, 3.8) is 0 Å². The van der Waals surface area contributed by atoms with Gasteiger partial charge < -0.3 is 9.26 Å². The van der Waals surface area contributed by atoms with Gasteiger partial charge in [-0.15, -0.1) is 0 Å². The van der Waals surface area contributed by atoms with E-state index in [4.69, 9.17) is 9.26 Å². The van der Waals surface area contributed by atoms with Crippen molar-refractivity contribution in [1.82, 2.24) is 14.4 Å². The Balaban J connectivity index is 1.46. The summed E-state index contributed by atoms with van der Waals surface area (Å²) in [6.07, 6.45) is 1.77. The largest absolute Gasteiger partial charge is 0.383 e. The summed E-state index contributed by atoms with van der Waals surface area (Å²) in [4.78, 5) is 2.66. The molecule has 0 aliphatic carbocycles. The average molecular weight is 524 g/mol. The first kappa shape index (κ1) is 26.1. The first-order valence-electron chi connectivity index (χ1n) is 13.1. The molecular formula is C29H37N3O4S. The number of ether oxygens (including phenoxy) is 1. The van der Waals surface area contributed by atoms with Crippen molar-refractivity contribution in [3.05, 3.63) is 70.6 Å². The molecule has 0 saturated carbocycles. The highest BCUT2D eigenvalue weighted by atomic mass is 32.2. The lowest BCUT2D eigenvalue weighted by molar-refractivity contribution is -0.0635. The van der Waals surface area contributed by atoms with Crippen molar-refractivity contribution in [3.8, 4) is 11.1 Å². The maximum atomic E-state index is 13.7. The fraction of sp³-hybridized carbons (Fsp3) is 0.483. The fourth-order valence-corrected chi connectivity index (χ4v) is 7.99. The van der Waals surface area contributed by atoms with Crippen LogP contribution in [-0.4, -0.2) is 68.2 Å². The van der Waals surface area contributed by atoms with Crippen LogP contribution in [0.25, 0.3) is 11.1 Å². The molecule has 0 radical (unpaired) electrons. The van der Waals surface area contributed by atoms with Crippen LogP contribution in [0.5, 0.6) is 0 Å². The molecule has 3 atom stereocenters. The molecule has 8 heteroatoms. The predicted molar refractivity (Wildman–Crippen MR) is 144 cm³/mol. The summed E-state index contributed by atoms with van der Waals surface area (Å²) in [6.45, 7) is 10.2. The highest BCUT2D eigenvalue weighted by molar-refractivity contribution is 7.89. The van der Waals surface area contributed by atoms with Crippen LogP contribution >= 0.6 is 0 Å². The summed E-state index contributed by atoms with van der Waals surface area (Å²) in [7, 11) is -1.97. The van der Waals surface area contributed by atoms with E-state index in [1.807, 2.05) is 0 Å². The van der Waals surface area contributed by atoms with Crippen LogP contribution in [-0.2, 0) is 14.8 Å². The van der Waals surface area contributed by atoms with E-state index in [0.717, 1.165) is 19.4 Å². The summed E-state index contributed by atoms with van der Waals surface area (Å²) >= 11 is 0. The van der Waals surface area contributed by atoms with Crippen molar-refractivity contribution in [2.24, 2.45) is 0 Å². The van der Waals surface area contributed by atoms with Crippen molar-refractivity contribution in [2.75, 3.05) is 33.4 Å². The van der Waals surface area contributed by atoms with Gasteiger partial charge in [-0.05, 0) is 74.9 Å². The zero-order valence-corrected chi connectivity index (χ0v) is 23.2. The minimum absolute atomic E-state index is 0.0854. The minimum Gasteiger partial charge on any atom is -0.383 e. The van der Waals surface area contributed by atoms with Crippen LogP contribution in [0.2, 0.25) is 0 Å². The van der Waals surface area contributed by atoms with Crippen LogP contribution in [0.4, 0.5) is 0 Å². The smallest absolute Gasteiger partial charge is 0.248 e. The lowest BCUT2D eigenvalue weighted by Crippen LogP contribution is -2.68. The van der Waals surface area contributed by atoms with Crippen molar-refractivity contribution in [1.29, 1.82) is 0 Å². The number of hydrogen-bond acceptors (Lipinski definition) is 6. The molecule has 2 aromatic carbocycles. The molecule has 1 aromatic heterocycles. The zero-order chi connectivity index (χ0) is 26.3. The highest BCUT2D eigenvalue weighted by Gasteiger charge is 2.50. The minimum atomic E-state index is -3.71. The molecule has 0 spiro atoms. The molecule has 2 fully saturated rings. The third-order valence-corrected chi connectivity index (χ3v) is 10.4. The molecule has 2 unspecified atom stereocenters. The number of aryl methyl sites for hydroxylation is 3. The Morgan fingerprint density at radius 3 is 2.43 bits per heavy atom. The molecule has 0 N–H and O–H groups in total. The van der Waals surface area contributed by atoms with E-state index >= 15 is 0 Å². The summed E-state index contributed by atoms with van der Waals surface area (Å²) in [6, 6.07) is 15.6. The number of hydrogen-bond donors (Lipinski definition) is 0. The molecule has 0 amide bonds. The predicted octanol–water partition coefficient (Wildman–Crippen LogP) is 4.84. The Labute approximate surface area is 220 Å². The Bertz CT molecular complexity index is 1350. The molecule has 3 aromatic rings. The van der Waals surface area contributed by atoms with E-state index in [9.17, 15) is 8.42 Å². The summed E-state index contributed by atoms with van der Waals surface area (Å²) < 4.78 is 39.9. The first-order valence-corrected chi connectivity index (χ1v) is 14.5. The topological polar surface area (TPSA) is 75.9 Å². The SMILES string of the molecule is COCC1C(c2ccc(-c3cccc(C)c3C)cc2)[C@@H]2CN(S(=O)(=O)c3c(C)noc3C)CCCCN12. The molecule has 7 nitrogen and oxygen atoms in total. The maximum absolute atomic E-state index is 13.7. The van der Waals surface area contributed by atoms with E-state index in [-0.39, 0.29) is 22.9 Å². The Morgan fingerprint density at radius 1 is 1.03 bits per heavy atom. The molecule has 3 heterocycles. The Morgan fingerprint density at radius 2 is 1.76 bits per heavy atom. The third-order valence-electron chi connectivity index (χ3n) is 8.26. The van der Waals surface area contributed by atoms with E-state index in [0.29, 0.717) is 31.2 Å². The van der Waals surface area contributed by atoms with Gasteiger partial charge in [-0.1, -0.05) is 47.6 Å². The number of nitrogens with zero attached hydrogens (tertiary/aromatic N) is 3. The van der Waals surface area contributed by atoms with Gasteiger partial charge in [-0.2, -0.15) is 4.31 Å². The Kier molecular flexibility index (Phi) is 7.29. The number of benzene rings is 2. The monoisotopic (exact) mass is 523 g/mol. The second-order valence-corrected chi connectivity index (χ2v) is 12.3. The van der Waals surface area contributed by atoms with Crippen LogP contribution in [0.1, 0.15) is 46.9 Å². The standard InChI is InChI=1S/C29H37N3O4S/c1-19-9-8-10-25(20(19)2)23-11-13-24(14-12-23)28-26-17-31(15-6-7-16-32(26)27(28)18-35-5)37(33,34)29-21(3)30-36-22(29)4/h8-14,26-28H,6-7,15-18H2,1-5H3/t26-,27?,28?/m0/s1. The zero-order valence-electron chi connectivity index (χ0n) is 22.4. The summed E-state index contributed by atoms with van der Waals surface area (Å²) in [5.41, 5.74) is 6.67. The number of aromatic nitrogens is 1. The van der Waals surface area contributed by atoms with Crippen molar-refractivity contribution >= 4 is 10.0 Å². The lowest BCUT2D eigenvalue weighted by atomic mass is 9.74. The molecule has 5 rings (SSSR count). The van der Waals surface area contributed by atoms with Gasteiger partial charge in [0, 0.05) is 38.2 Å². The van der Waals surface area contributed by atoms with Crippen molar-refractivity contribution < 1.29 is 17.7 Å². The molecule has 37 heavy (non-hydrogen) atoms. The van der Waals surface area contributed by atoms with Crippen LogP contribution < -0.4 is 0 Å². The van der Waals surface area contributed by atoms with Gasteiger partial charge in [-0.3, -0.25) is 4.90 Å². The highest BCUT2D eigenvalue weighted by Crippen LogP contribution is 2.43. The fourth-order valence-electron chi connectivity index (χ4n) is 6.20. The van der Waals surface area contributed by atoms with Gasteiger partial charge in [0.25, 0.3) is 0 Å². The quantitative estimate of drug-likeness (QED) is 0.460. The maximum Gasteiger partial charge on any atom is 0.248 e. The molecule has 0 bridgehead atoms. The van der Waals surface area contributed by atoms with Gasteiger partial charge in [0.05, 0.1) is 6.61 Å². The molecule has 2 aliphatic rings. The van der Waals surface area contributed by atoms with Crippen LogP contribution in [0.15, 0.2) is 51.9 Å². The van der Waals surface area contributed by atoms with E-state index in [2.05, 4.69) is 66.4 Å². The number of rotatable bonds is 6. The van der Waals surface area contributed by atoms with Crippen LogP contribution in [0.3, 0.4) is 0 Å². The lowest BCUT2D eigenvalue weighted by Gasteiger charge is -2.57. The number of sulfonamides is 1. The number of methoxy groups -OCH3 is 1. The van der Waals surface area contributed by atoms with Gasteiger partial charge in [0.1, 0.15) is 10.6 Å². The third kappa shape index (κ3) is 4.65. The van der Waals surface area contributed by atoms with E-state index < -0.39 is 10.0 Å². The molecule has 2 aliphatic heterocycles. The van der Waals surface area contributed by atoms with E-state index in [1.165, 1.54) is 27.8 Å². The van der Waals surface area contributed by atoms with Gasteiger partial charge in [0.15, 0.2) is 5.76 Å². The van der Waals surface area contributed by atoms with Crippen LogP contribution in [0, 0.1) is 27.7 Å². The van der Waals surface area contributed by atoms with Gasteiger partial charge >= 0.3 is 0 Å². The number of fused-ring (bicyclic) bond motifs is 1. The molecule has 2 saturated heterocycles. The van der Waals surface area contributed by atoms with Gasteiger partial charge in [-0.25, -0.2) is 8.42 Å². The molecular weight excluding hydrogens is 486 g/mol.